The Labute approximate surface area is 152 Å². The summed E-state index contributed by atoms with van der Waals surface area (Å²) in [7, 11) is 0. The zero-order chi connectivity index (χ0) is 20.1. The number of ether oxygens (including phenoxy) is 2. The molecule has 0 heterocycles. The molecule has 0 atom stereocenters. The van der Waals surface area contributed by atoms with Crippen molar-refractivity contribution in [3.05, 3.63) is 54.6 Å². The van der Waals surface area contributed by atoms with Crippen LogP contribution in [0, 0.1) is 0 Å². The number of hydrogen-bond acceptors (Lipinski definition) is 2. The van der Waals surface area contributed by atoms with Gasteiger partial charge in [-0.3, -0.25) is 0 Å². The van der Waals surface area contributed by atoms with Gasteiger partial charge in [-0.05, 0) is 30.2 Å². The van der Waals surface area contributed by atoms with Crippen molar-refractivity contribution in [2.45, 2.75) is 24.7 Å². The maximum absolute atomic E-state index is 13.7. The lowest BCUT2D eigenvalue weighted by Gasteiger charge is -2.32. The molecule has 0 fully saturated rings. The van der Waals surface area contributed by atoms with Crippen molar-refractivity contribution in [3.63, 3.8) is 0 Å². The van der Waals surface area contributed by atoms with E-state index in [2.05, 4.69) is 9.47 Å². The van der Waals surface area contributed by atoms with E-state index in [4.69, 9.17) is 0 Å². The van der Waals surface area contributed by atoms with Crippen molar-refractivity contribution in [2.24, 2.45) is 0 Å². The van der Waals surface area contributed by atoms with E-state index in [1.807, 2.05) is 30.3 Å². The fourth-order valence-corrected chi connectivity index (χ4v) is 2.23. The average Bonchev–Trinajstić information content (AvgIpc) is 2.65. The molecule has 27 heavy (non-hydrogen) atoms. The van der Waals surface area contributed by atoms with Crippen LogP contribution in [-0.2, 0) is 4.74 Å². The van der Waals surface area contributed by atoms with Crippen molar-refractivity contribution >= 4 is 0 Å². The Morgan fingerprint density at radius 2 is 1.22 bits per heavy atom. The first kappa shape index (κ1) is 21.1. The van der Waals surface area contributed by atoms with Gasteiger partial charge in [0.05, 0.1) is 0 Å². The Morgan fingerprint density at radius 1 is 0.704 bits per heavy atom. The highest BCUT2D eigenvalue weighted by Crippen LogP contribution is 2.46. The highest BCUT2D eigenvalue weighted by molar-refractivity contribution is 5.63. The van der Waals surface area contributed by atoms with Crippen molar-refractivity contribution in [1.29, 1.82) is 0 Å². The predicted molar refractivity (Wildman–Crippen MR) is 88.7 cm³/mol. The van der Waals surface area contributed by atoms with Gasteiger partial charge in [0.1, 0.15) is 12.4 Å². The minimum atomic E-state index is -5.63. The Hall–Kier alpha value is -2.22. The second kappa shape index (κ2) is 8.21. The largest absolute Gasteiger partial charge is 0.487 e. The van der Waals surface area contributed by atoms with Crippen LogP contribution in [0.25, 0.3) is 11.1 Å². The van der Waals surface area contributed by atoms with Crippen LogP contribution in [0.1, 0.15) is 6.92 Å². The first-order chi connectivity index (χ1) is 12.6. The van der Waals surface area contributed by atoms with Crippen molar-refractivity contribution in [1.82, 2.24) is 0 Å². The van der Waals surface area contributed by atoms with E-state index in [-0.39, 0.29) is 12.4 Å². The quantitative estimate of drug-likeness (QED) is 0.512. The van der Waals surface area contributed by atoms with E-state index in [1.54, 1.807) is 12.1 Å². The van der Waals surface area contributed by atoms with E-state index in [9.17, 15) is 26.3 Å². The molecule has 0 saturated carbocycles. The van der Waals surface area contributed by atoms with Gasteiger partial charge < -0.3 is 9.47 Å². The van der Waals surface area contributed by atoms with Gasteiger partial charge in [-0.15, -0.1) is 0 Å². The Balaban J connectivity index is 2.05. The molecule has 2 aromatic rings. The van der Waals surface area contributed by atoms with Gasteiger partial charge in [-0.1, -0.05) is 42.5 Å². The number of benzene rings is 2. The number of halogens is 6. The molecular weight excluding hydrogens is 374 g/mol. The predicted octanol–water partition coefficient (Wildman–Crippen LogP) is 5.67. The van der Waals surface area contributed by atoms with Crippen LogP contribution in [-0.4, -0.2) is 37.6 Å². The molecule has 0 unspecified atom stereocenters. The maximum Gasteiger partial charge on any atom is 0.377 e. The van der Waals surface area contributed by atoms with Crippen molar-refractivity contribution < 1.29 is 35.8 Å². The third kappa shape index (κ3) is 4.74. The van der Waals surface area contributed by atoms with E-state index < -0.39 is 31.0 Å². The Morgan fingerprint density at radius 3 is 1.78 bits per heavy atom. The molecule has 0 aliphatic heterocycles. The van der Waals surface area contributed by atoms with Crippen molar-refractivity contribution in [2.75, 3.05) is 19.8 Å². The summed E-state index contributed by atoms with van der Waals surface area (Å²) >= 11 is 0. The summed E-state index contributed by atoms with van der Waals surface area (Å²) in [5, 5.41) is 0. The van der Waals surface area contributed by atoms with Gasteiger partial charge in [0.15, 0.2) is 6.61 Å². The van der Waals surface area contributed by atoms with Crippen LogP contribution >= 0.6 is 0 Å². The minimum Gasteiger partial charge on any atom is -0.487 e. The number of rotatable bonds is 9. The van der Waals surface area contributed by atoms with Crippen LogP contribution < -0.4 is 4.74 Å². The molecule has 0 amide bonds. The molecule has 0 N–H and O–H groups in total. The smallest absolute Gasteiger partial charge is 0.377 e. The molecule has 0 bridgehead atoms. The molecular formula is C19H18F6O2. The molecule has 0 radical (unpaired) electrons. The number of hydrogen-bond donors (Lipinski definition) is 0. The van der Waals surface area contributed by atoms with E-state index in [1.165, 1.54) is 19.1 Å². The van der Waals surface area contributed by atoms with E-state index >= 15 is 0 Å². The lowest BCUT2D eigenvalue weighted by molar-refractivity contribution is -0.324. The number of alkyl halides is 6. The first-order valence-electron chi connectivity index (χ1n) is 8.10. The SMILES string of the molecule is CCOCC(F)(F)C(F)(F)C(F)(F)COc1ccc(-c2ccccc2)cc1. The molecule has 2 nitrogen and oxygen atoms in total. The summed E-state index contributed by atoms with van der Waals surface area (Å²) in [5.41, 5.74) is 1.61. The normalized spacial score (nSPS) is 12.9. The van der Waals surface area contributed by atoms with Gasteiger partial charge in [-0.25, -0.2) is 0 Å². The fraction of sp³-hybridized carbons (Fsp3) is 0.368. The molecule has 8 heteroatoms. The van der Waals surface area contributed by atoms with Crippen LogP contribution in [0.4, 0.5) is 26.3 Å². The average molecular weight is 392 g/mol. The third-order valence-electron chi connectivity index (χ3n) is 3.79. The summed E-state index contributed by atoms with van der Waals surface area (Å²) in [4.78, 5) is 0. The maximum atomic E-state index is 13.7. The zero-order valence-corrected chi connectivity index (χ0v) is 14.4. The summed E-state index contributed by atoms with van der Waals surface area (Å²) in [6.07, 6.45) is 0. The minimum absolute atomic E-state index is 0.140. The second-order valence-electron chi connectivity index (χ2n) is 5.80. The fourth-order valence-electron chi connectivity index (χ4n) is 2.23. The lowest BCUT2D eigenvalue weighted by atomic mass is 10.1. The zero-order valence-electron chi connectivity index (χ0n) is 14.4. The molecule has 0 aliphatic carbocycles. The van der Waals surface area contributed by atoms with E-state index in [0.717, 1.165) is 11.1 Å². The molecule has 0 aromatic heterocycles. The summed E-state index contributed by atoms with van der Waals surface area (Å²) < 4.78 is 90.5. The topological polar surface area (TPSA) is 18.5 Å². The van der Waals surface area contributed by atoms with Gasteiger partial charge in [0, 0.05) is 6.61 Å². The first-order valence-corrected chi connectivity index (χ1v) is 8.10. The summed E-state index contributed by atoms with van der Waals surface area (Å²) in [6, 6.07) is 14.8. The molecule has 148 valence electrons. The van der Waals surface area contributed by atoms with Gasteiger partial charge in [-0.2, -0.15) is 26.3 Å². The highest BCUT2D eigenvalue weighted by atomic mass is 19.3. The molecule has 2 rings (SSSR count). The van der Waals surface area contributed by atoms with Gasteiger partial charge in [0.2, 0.25) is 0 Å². The monoisotopic (exact) mass is 392 g/mol. The second-order valence-corrected chi connectivity index (χ2v) is 5.80. The van der Waals surface area contributed by atoms with Gasteiger partial charge in [0.25, 0.3) is 0 Å². The Bertz CT molecular complexity index is 717. The van der Waals surface area contributed by atoms with Crippen molar-refractivity contribution in [3.8, 4) is 16.9 Å². The lowest BCUT2D eigenvalue weighted by Crippen LogP contribution is -2.58. The molecule has 0 spiro atoms. The van der Waals surface area contributed by atoms with Crippen LogP contribution in [0.5, 0.6) is 5.75 Å². The Kier molecular flexibility index (Phi) is 6.41. The third-order valence-corrected chi connectivity index (χ3v) is 3.79. The summed E-state index contributed by atoms with van der Waals surface area (Å²) in [5.74, 6) is -15.9. The standard InChI is InChI=1S/C19H18F6O2/c1-2-26-12-17(20,21)19(24,25)18(22,23)13-27-16-10-8-15(9-11-16)14-6-4-3-5-7-14/h3-11H,2,12-13H2,1H3. The van der Waals surface area contributed by atoms with Crippen LogP contribution in [0.2, 0.25) is 0 Å². The highest BCUT2D eigenvalue weighted by Gasteiger charge is 2.71. The van der Waals surface area contributed by atoms with Crippen LogP contribution in [0.3, 0.4) is 0 Å². The molecule has 0 aliphatic rings. The molecule has 0 saturated heterocycles. The summed E-state index contributed by atoms with van der Waals surface area (Å²) in [6.45, 7) is -2.72. The van der Waals surface area contributed by atoms with Gasteiger partial charge >= 0.3 is 17.8 Å². The van der Waals surface area contributed by atoms with Crippen LogP contribution in [0.15, 0.2) is 54.6 Å². The molecule has 2 aromatic carbocycles. The van der Waals surface area contributed by atoms with E-state index in [0.29, 0.717) is 0 Å².